The molecule has 0 spiro atoms. The number of aryl methyl sites for hydroxylation is 5. The molecule has 0 fully saturated rings. The highest BCUT2D eigenvalue weighted by Gasteiger charge is 2.29. The zero-order valence-electron chi connectivity index (χ0n) is 20.0. The topological polar surface area (TPSA) is 0 Å². The Labute approximate surface area is 204 Å². The highest BCUT2D eigenvalue weighted by molar-refractivity contribution is 5.84. The maximum Gasteiger partial charge on any atom is 0.416 e. The lowest BCUT2D eigenvalue weighted by atomic mass is 9.97. The van der Waals surface area contributed by atoms with Gasteiger partial charge in [0, 0.05) is 5.39 Å². The van der Waals surface area contributed by atoms with E-state index in [0.29, 0.717) is 23.8 Å². The van der Waals surface area contributed by atoms with Gasteiger partial charge >= 0.3 is 6.18 Å². The monoisotopic (exact) mass is 478 g/mol. The molecule has 35 heavy (non-hydrogen) atoms. The van der Waals surface area contributed by atoms with Crippen LogP contribution in [0.5, 0.6) is 0 Å². The van der Waals surface area contributed by atoms with Crippen LogP contribution in [0.2, 0.25) is 0 Å². The second-order valence-electron chi connectivity index (χ2n) is 9.21. The number of benzene rings is 4. The first-order chi connectivity index (χ1) is 16.8. The lowest BCUT2D eigenvalue weighted by Gasteiger charge is -2.10. The van der Waals surface area contributed by atoms with Crippen molar-refractivity contribution in [3.8, 4) is 0 Å². The Hall–Kier alpha value is -3.14. The minimum atomic E-state index is -4.35. The van der Waals surface area contributed by atoms with Gasteiger partial charge in [0.25, 0.3) is 0 Å². The molecule has 0 aromatic heterocycles. The molecule has 0 radical (unpaired) electrons. The average Bonchev–Trinajstić information content (AvgIpc) is 2.86. The van der Waals surface area contributed by atoms with Crippen molar-refractivity contribution in [1.82, 2.24) is 0 Å². The van der Waals surface area contributed by atoms with Crippen LogP contribution < -0.4 is 0 Å². The van der Waals surface area contributed by atoms with E-state index in [9.17, 15) is 13.2 Å². The Balaban J connectivity index is 1.39. The Bertz CT molecular complexity index is 1250. The van der Waals surface area contributed by atoms with Crippen LogP contribution in [0.1, 0.15) is 53.1 Å². The summed E-state index contributed by atoms with van der Waals surface area (Å²) in [5.41, 5.74) is 4.52. The molecule has 0 N–H and O–H groups in total. The molecule has 0 heterocycles. The average molecular weight is 479 g/mol. The van der Waals surface area contributed by atoms with E-state index in [2.05, 4.69) is 31.2 Å². The number of unbranched alkanes of at least 4 members (excludes halogenated alkanes) is 1. The van der Waals surface area contributed by atoms with Gasteiger partial charge in [0.15, 0.2) is 0 Å². The van der Waals surface area contributed by atoms with Crippen LogP contribution in [0.3, 0.4) is 0 Å². The Morgan fingerprint density at radius 3 is 1.77 bits per heavy atom. The third-order valence-corrected chi connectivity index (χ3v) is 6.61. The van der Waals surface area contributed by atoms with Gasteiger partial charge < -0.3 is 0 Å². The highest BCUT2D eigenvalue weighted by Crippen LogP contribution is 2.29. The van der Waals surface area contributed by atoms with E-state index in [1.165, 1.54) is 41.7 Å². The maximum absolute atomic E-state index is 15.2. The van der Waals surface area contributed by atoms with Crippen molar-refractivity contribution < 1.29 is 17.6 Å². The van der Waals surface area contributed by atoms with Crippen molar-refractivity contribution in [2.45, 2.75) is 58.0 Å². The molecule has 0 nitrogen and oxygen atoms in total. The maximum atomic E-state index is 15.2. The molecule has 4 aromatic rings. The van der Waals surface area contributed by atoms with Gasteiger partial charge in [0.1, 0.15) is 5.82 Å². The summed E-state index contributed by atoms with van der Waals surface area (Å²) in [5.74, 6) is -0.247. The summed E-state index contributed by atoms with van der Waals surface area (Å²) in [6.45, 7) is 2.20. The molecule has 0 saturated heterocycles. The van der Waals surface area contributed by atoms with Crippen LogP contribution in [-0.4, -0.2) is 0 Å². The number of rotatable bonds is 9. The third-order valence-electron chi connectivity index (χ3n) is 6.61. The molecular formula is C31H30F4. The van der Waals surface area contributed by atoms with Crippen molar-refractivity contribution in [3.05, 3.63) is 118 Å². The molecule has 182 valence electrons. The van der Waals surface area contributed by atoms with E-state index < -0.39 is 11.7 Å². The number of alkyl halides is 3. The molecule has 4 aromatic carbocycles. The first-order valence-electron chi connectivity index (χ1n) is 12.3. The molecule has 0 aliphatic carbocycles. The highest BCUT2D eigenvalue weighted by atomic mass is 19.4. The number of fused-ring (bicyclic) bond motifs is 1. The second kappa shape index (κ2) is 11.1. The molecule has 0 saturated carbocycles. The molecule has 0 aliphatic rings. The lowest BCUT2D eigenvalue weighted by molar-refractivity contribution is -0.137. The molecular weight excluding hydrogens is 448 g/mol. The zero-order chi connectivity index (χ0) is 24.8. The van der Waals surface area contributed by atoms with Gasteiger partial charge in [-0.25, -0.2) is 4.39 Å². The van der Waals surface area contributed by atoms with Crippen molar-refractivity contribution in [3.63, 3.8) is 0 Å². The summed E-state index contributed by atoms with van der Waals surface area (Å²) < 4.78 is 53.4. The van der Waals surface area contributed by atoms with Crippen molar-refractivity contribution >= 4 is 10.8 Å². The summed E-state index contributed by atoms with van der Waals surface area (Å²) in [6.07, 6.45) is 1.93. The Morgan fingerprint density at radius 2 is 1.14 bits per heavy atom. The van der Waals surface area contributed by atoms with Crippen LogP contribution in [0.25, 0.3) is 10.8 Å². The number of hydrogen-bond donors (Lipinski definition) is 0. The quantitative estimate of drug-likeness (QED) is 0.211. The van der Waals surface area contributed by atoms with Gasteiger partial charge in [0.2, 0.25) is 0 Å². The fourth-order valence-electron chi connectivity index (χ4n) is 4.42. The van der Waals surface area contributed by atoms with Crippen LogP contribution in [0, 0.1) is 5.82 Å². The Kier molecular flexibility index (Phi) is 7.90. The van der Waals surface area contributed by atoms with Gasteiger partial charge in [-0.2, -0.15) is 13.2 Å². The summed E-state index contributed by atoms with van der Waals surface area (Å²) in [5, 5.41) is 1.45. The summed E-state index contributed by atoms with van der Waals surface area (Å²) >= 11 is 0. The fourth-order valence-corrected chi connectivity index (χ4v) is 4.42. The number of hydrogen-bond acceptors (Lipinski definition) is 0. The minimum absolute atomic E-state index is 0.247. The van der Waals surface area contributed by atoms with Gasteiger partial charge in [-0.1, -0.05) is 80.1 Å². The second-order valence-corrected chi connectivity index (χ2v) is 9.21. The summed E-state index contributed by atoms with van der Waals surface area (Å²) in [6, 6.07) is 23.5. The SMILES string of the molecule is CCCCc1ccc(CCc2ccc3c(F)c(CCc4ccc(C(F)(F)F)cc4)ccc3c2)cc1. The van der Waals surface area contributed by atoms with E-state index in [-0.39, 0.29) is 5.82 Å². The van der Waals surface area contributed by atoms with E-state index in [0.717, 1.165) is 42.3 Å². The van der Waals surface area contributed by atoms with Gasteiger partial charge in [0.05, 0.1) is 5.56 Å². The Morgan fingerprint density at radius 1 is 0.600 bits per heavy atom. The molecule has 0 aliphatic heterocycles. The predicted molar refractivity (Wildman–Crippen MR) is 135 cm³/mol. The zero-order valence-corrected chi connectivity index (χ0v) is 20.0. The third kappa shape index (κ3) is 6.50. The summed E-state index contributed by atoms with van der Waals surface area (Å²) in [4.78, 5) is 0. The first kappa shape index (κ1) is 25.0. The molecule has 0 bridgehead atoms. The lowest BCUT2D eigenvalue weighted by Crippen LogP contribution is -2.04. The van der Waals surface area contributed by atoms with E-state index in [1.807, 2.05) is 24.3 Å². The molecule has 0 atom stereocenters. The first-order valence-corrected chi connectivity index (χ1v) is 12.3. The predicted octanol–water partition coefficient (Wildman–Crippen LogP) is 8.91. The van der Waals surface area contributed by atoms with Crippen LogP contribution in [0.15, 0.2) is 78.9 Å². The van der Waals surface area contributed by atoms with Gasteiger partial charge in [-0.3, -0.25) is 0 Å². The fraction of sp³-hybridized carbons (Fsp3) is 0.290. The van der Waals surface area contributed by atoms with Crippen LogP contribution in [0.4, 0.5) is 17.6 Å². The van der Waals surface area contributed by atoms with Gasteiger partial charge in [-0.15, -0.1) is 0 Å². The normalized spacial score (nSPS) is 11.8. The number of halogens is 4. The van der Waals surface area contributed by atoms with E-state index in [4.69, 9.17) is 0 Å². The minimum Gasteiger partial charge on any atom is -0.206 e. The smallest absolute Gasteiger partial charge is 0.206 e. The van der Waals surface area contributed by atoms with E-state index >= 15 is 4.39 Å². The van der Waals surface area contributed by atoms with Crippen LogP contribution in [-0.2, 0) is 38.3 Å². The molecule has 4 rings (SSSR count). The van der Waals surface area contributed by atoms with Gasteiger partial charge in [-0.05, 0) is 83.9 Å². The molecule has 0 unspecified atom stereocenters. The molecule has 0 amide bonds. The van der Waals surface area contributed by atoms with Crippen molar-refractivity contribution in [2.24, 2.45) is 0 Å². The van der Waals surface area contributed by atoms with Crippen molar-refractivity contribution in [2.75, 3.05) is 0 Å². The summed E-state index contributed by atoms with van der Waals surface area (Å²) in [7, 11) is 0. The molecule has 4 heteroatoms. The standard InChI is InChI=1S/C31H30F4/c1-2-3-4-22-5-7-23(8-6-22)9-10-25-14-20-29-27(21-25)17-16-26(30(29)32)15-11-24-12-18-28(19-13-24)31(33,34)35/h5-8,12-14,16-21H,2-4,9-11,15H2,1H3. The van der Waals surface area contributed by atoms with E-state index in [1.54, 1.807) is 6.07 Å². The van der Waals surface area contributed by atoms with Crippen molar-refractivity contribution in [1.29, 1.82) is 0 Å². The van der Waals surface area contributed by atoms with Crippen LogP contribution >= 0.6 is 0 Å². The largest absolute Gasteiger partial charge is 0.416 e.